The molecule has 0 fully saturated rings. The van der Waals surface area contributed by atoms with Crippen molar-refractivity contribution in [2.45, 2.75) is 31.2 Å². The van der Waals surface area contributed by atoms with E-state index in [1.54, 1.807) is 6.07 Å². The van der Waals surface area contributed by atoms with Crippen LogP contribution in [-0.2, 0) is 10.0 Å². The topological polar surface area (TPSA) is 93.6 Å². The fraction of sp³-hybridized carbons (Fsp3) is 0.438. The van der Waals surface area contributed by atoms with Crippen LogP contribution in [-0.4, -0.2) is 32.4 Å². The summed E-state index contributed by atoms with van der Waals surface area (Å²) in [6.07, 6.45) is 0.593. The molecule has 0 amide bonds. The van der Waals surface area contributed by atoms with Gasteiger partial charge in [-0.05, 0) is 36.6 Å². The van der Waals surface area contributed by atoms with Crippen molar-refractivity contribution in [2.75, 3.05) is 13.6 Å². The zero-order valence-corrected chi connectivity index (χ0v) is 14.3. The molecule has 2 N–H and O–H groups in total. The van der Waals surface area contributed by atoms with Gasteiger partial charge in [0.2, 0.25) is 10.0 Å². The molecule has 1 atom stereocenters. The minimum absolute atomic E-state index is 0.0430. The van der Waals surface area contributed by atoms with E-state index in [0.29, 0.717) is 29.9 Å². The van der Waals surface area contributed by atoms with Gasteiger partial charge >= 0.3 is 5.63 Å². The van der Waals surface area contributed by atoms with E-state index in [1.807, 2.05) is 13.8 Å². The van der Waals surface area contributed by atoms with Crippen molar-refractivity contribution in [2.24, 2.45) is 11.7 Å². The van der Waals surface area contributed by atoms with Gasteiger partial charge in [0, 0.05) is 31.1 Å². The molecule has 0 saturated carbocycles. The third kappa shape index (κ3) is 3.99. The van der Waals surface area contributed by atoms with Gasteiger partial charge in [0.1, 0.15) is 5.58 Å². The van der Waals surface area contributed by atoms with Crippen LogP contribution in [0.1, 0.15) is 20.3 Å². The Morgan fingerprint density at radius 1 is 1.22 bits per heavy atom. The Morgan fingerprint density at radius 3 is 2.57 bits per heavy atom. The molecule has 6 nitrogen and oxygen atoms in total. The fourth-order valence-electron chi connectivity index (χ4n) is 2.17. The van der Waals surface area contributed by atoms with E-state index in [4.69, 9.17) is 10.2 Å². The van der Waals surface area contributed by atoms with Crippen LogP contribution in [0.3, 0.4) is 0 Å². The molecular weight excluding hydrogens is 316 g/mol. The first kappa shape index (κ1) is 17.7. The summed E-state index contributed by atoms with van der Waals surface area (Å²) in [5.41, 5.74) is 5.87. The quantitative estimate of drug-likeness (QED) is 0.810. The SMILES string of the molecule is CC(C)C(N)CCN(C)S(=O)(=O)c1ccc2oc(=O)ccc2c1. The van der Waals surface area contributed by atoms with Crippen LogP contribution in [0.25, 0.3) is 11.0 Å². The molecule has 2 rings (SSSR count). The maximum atomic E-state index is 12.6. The standard InChI is InChI=1S/C16H22N2O4S/c1-11(2)14(17)8-9-18(3)23(20,21)13-5-6-15-12(10-13)4-7-16(19)22-15/h4-7,10-11,14H,8-9,17H2,1-3H3. The Balaban J connectivity index is 2.24. The van der Waals surface area contributed by atoms with Crippen LogP contribution in [0.4, 0.5) is 0 Å². The van der Waals surface area contributed by atoms with Crippen LogP contribution in [0.15, 0.2) is 44.4 Å². The van der Waals surface area contributed by atoms with Crippen molar-refractivity contribution >= 4 is 21.0 Å². The average Bonchev–Trinajstić information content (AvgIpc) is 2.51. The normalized spacial score (nSPS) is 13.8. The van der Waals surface area contributed by atoms with E-state index in [9.17, 15) is 13.2 Å². The summed E-state index contributed by atoms with van der Waals surface area (Å²) in [5, 5.41) is 0.568. The number of rotatable bonds is 6. The zero-order valence-electron chi connectivity index (χ0n) is 13.5. The first-order valence-electron chi connectivity index (χ1n) is 7.47. The van der Waals surface area contributed by atoms with Crippen LogP contribution in [0.5, 0.6) is 0 Å². The lowest BCUT2D eigenvalue weighted by Crippen LogP contribution is -2.34. The molecule has 0 aliphatic rings. The molecule has 1 aromatic carbocycles. The summed E-state index contributed by atoms with van der Waals surface area (Å²) in [6.45, 7) is 4.37. The first-order valence-corrected chi connectivity index (χ1v) is 8.91. The van der Waals surface area contributed by atoms with Gasteiger partial charge in [-0.2, -0.15) is 0 Å². The number of sulfonamides is 1. The van der Waals surface area contributed by atoms with Gasteiger partial charge in [0.15, 0.2) is 0 Å². The van der Waals surface area contributed by atoms with E-state index >= 15 is 0 Å². The number of benzene rings is 1. The highest BCUT2D eigenvalue weighted by molar-refractivity contribution is 7.89. The lowest BCUT2D eigenvalue weighted by atomic mass is 10.0. The second-order valence-electron chi connectivity index (χ2n) is 5.98. The van der Waals surface area contributed by atoms with E-state index < -0.39 is 15.6 Å². The Bertz CT molecular complexity index is 843. The molecule has 23 heavy (non-hydrogen) atoms. The lowest BCUT2D eigenvalue weighted by Gasteiger charge is -2.21. The summed E-state index contributed by atoms with van der Waals surface area (Å²) < 4.78 is 31.6. The minimum Gasteiger partial charge on any atom is -0.423 e. The van der Waals surface area contributed by atoms with E-state index in [-0.39, 0.29) is 10.9 Å². The summed E-state index contributed by atoms with van der Waals surface area (Å²) in [6, 6.07) is 7.22. The van der Waals surface area contributed by atoms with Gasteiger partial charge in [-0.1, -0.05) is 13.8 Å². The van der Waals surface area contributed by atoms with Crippen molar-refractivity contribution in [1.29, 1.82) is 0 Å². The highest BCUT2D eigenvalue weighted by Gasteiger charge is 2.22. The van der Waals surface area contributed by atoms with E-state index in [1.165, 1.54) is 35.6 Å². The van der Waals surface area contributed by atoms with Crippen molar-refractivity contribution < 1.29 is 12.8 Å². The summed E-state index contributed by atoms with van der Waals surface area (Å²) in [4.78, 5) is 11.3. The predicted molar refractivity (Wildman–Crippen MR) is 89.7 cm³/mol. The molecular formula is C16H22N2O4S. The summed E-state index contributed by atoms with van der Waals surface area (Å²) in [5.74, 6) is 0.301. The predicted octanol–water partition coefficient (Wildman–Crippen LogP) is 1.79. The highest BCUT2D eigenvalue weighted by Crippen LogP contribution is 2.20. The smallest absolute Gasteiger partial charge is 0.336 e. The Hall–Kier alpha value is -1.70. The highest BCUT2D eigenvalue weighted by atomic mass is 32.2. The van der Waals surface area contributed by atoms with Crippen molar-refractivity contribution in [3.8, 4) is 0 Å². The molecule has 0 aliphatic carbocycles. The largest absolute Gasteiger partial charge is 0.423 e. The zero-order chi connectivity index (χ0) is 17.2. The van der Waals surface area contributed by atoms with E-state index in [0.717, 1.165) is 0 Å². The monoisotopic (exact) mass is 338 g/mol. The molecule has 0 radical (unpaired) electrons. The second-order valence-corrected chi connectivity index (χ2v) is 8.02. The molecule has 1 aromatic heterocycles. The van der Waals surface area contributed by atoms with Crippen molar-refractivity contribution in [3.05, 3.63) is 40.8 Å². The van der Waals surface area contributed by atoms with Gasteiger partial charge in [-0.3, -0.25) is 0 Å². The maximum Gasteiger partial charge on any atom is 0.336 e. The summed E-state index contributed by atoms with van der Waals surface area (Å²) in [7, 11) is -2.06. The lowest BCUT2D eigenvalue weighted by molar-refractivity contribution is 0.397. The van der Waals surface area contributed by atoms with Crippen LogP contribution in [0, 0.1) is 5.92 Å². The van der Waals surface area contributed by atoms with Crippen LogP contribution < -0.4 is 11.4 Å². The average molecular weight is 338 g/mol. The van der Waals surface area contributed by atoms with Crippen LogP contribution >= 0.6 is 0 Å². The molecule has 0 bridgehead atoms. The molecule has 0 spiro atoms. The second kappa shape index (κ2) is 6.82. The number of nitrogens with two attached hydrogens (primary N) is 1. The van der Waals surface area contributed by atoms with Gasteiger partial charge in [0.25, 0.3) is 0 Å². The number of nitrogens with zero attached hydrogens (tertiary/aromatic N) is 1. The number of hydrogen-bond acceptors (Lipinski definition) is 5. The molecule has 0 saturated heterocycles. The van der Waals surface area contributed by atoms with Gasteiger partial charge in [0.05, 0.1) is 4.90 Å². The Morgan fingerprint density at radius 2 is 1.91 bits per heavy atom. The molecule has 7 heteroatoms. The molecule has 1 heterocycles. The van der Waals surface area contributed by atoms with Crippen molar-refractivity contribution in [1.82, 2.24) is 4.31 Å². The third-order valence-corrected chi connectivity index (χ3v) is 5.79. The summed E-state index contributed by atoms with van der Waals surface area (Å²) >= 11 is 0. The maximum absolute atomic E-state index is 12.6. The molecule has 2 aromatic rings. The van der Waals surface area contributed by atoms with Crippen molar-refractivity contribution in [3.63, 3.8) is 0 Å². The fourth-order valence-corrected chi connectivity index (χ4v) is 3.40. The Labute approximate surface area is 135 Å². The van der Waals surface area contributed by atoms with Crippen LogP contribution in [0.2, 0.25) is 0 Å². The van der Waals surface area contributed by atoms with Gasteiger partial charge < -0.3 is 10.2 Å². The molecule has 126 valence electrons. The third-order valence-electron chi connectivity index (χ3n) is 3.93. The number of fused-ring (bicyclic) bond motifs is 1. The molecule has 1 unspecified atom stereocenters. The van der Waals surface area contributed by atoms with Gasteiger partial charge in [-0.15, -0.1) is 0 Å². The minimum atomic E-state index is -3.60. The Kier molecular flexibility index (Phi) is 5.23. The number of hydrogen-bond donors (Lipinski definition) is 1. The molecule has 0 aliphatic heterocycles. The first-order chi connectivity index (χ1) is 10.7. The van der Waals surface area contributed by atoms with Gasteiger partial charge in [-0.25, -0.2) is 17.5 Å². The van der Waals surface area contributed by atoms with E-state index in [2.05, 4.69) is 0 Å².